The van der Waals surface area contributed by atoms with Crippen LogP contribution in [0.4, 0.5) is 5.82 Å². The molecule has 0 unspecified atom stereocenters. The maximum absolute atomic E-state index is 12.6. The second kappa shape index (κ2) is 8.53. The van der Waals surface area contributed by atoms with Crippen molar-refractivity contribution in [3.05, 3.63) is 65.0 Å². The van der Waals surface area contributed by atoms with Crippen LogP contribution in [0.2, 0.25) is 0 Å². The third-order valence-corrected chi connectivity index (χ3v) is 5.28. The molecule has 0 atom stereocenters. The number of phenolic OH excluding ortho intramolecular Hbond substituents is 1. The summed E-state index contributed by atoms with van der Waals surface area (Å²) >= 11 is 0. The van der Waals surface area contributed by atoms with Crippen molar-refractivity contribution in [1.82, 2.24) is 9.97 Å². The minimum absolute atomic E-state index is 0.145. The SMILES string of the molecule is CCCc1nc2c(nc1NC(=O)Cc1ccc(O)cc1)CCc1cc(OC)ccc1-2. The Morgan fingerprint density at radius 3 is 2.67 bits per heavy atom. The fourth-order valence-electron chi connectivity index (χ4n) is 3.77. The van der Waals surface area contributed by atoms with Crippen LogP contribution in [0.1, 0.15) is 35.9 Å². The number of aryl methyl sites for hydroxylation is 3. The molecule has 1 aromatic heterocycles. The van der Waals surface area contributed by atoms with Crippen molar-refractivity contribution in [1.29, 1.82) is 0 Å². The maximum Gasteiger partial charge on any atom is 0.229 e. The van der Waals surface area contributed by atoms with Crippen LogP contribution in [-0.4, -0.2) is 28.1 Å². The van der Waals surface area contributed by atoms with Gasteiger partial charge in [0.1, 0.15) is 11.5 Å². The van der Waals surface area contributed by atoms with E-state index in [1.165, 1.54) is 5.56 Å². The molecule has 0 bridgehead atoms. The van der Waals surface area contributed by atoms with Crippen LogP contribution < -0.4 is 10.1 Å². The minimum atomic E-state index is -0.145. The van der Waals surface area contributed by atoms with E-state index in [2.05, 4.69) is 18.3 Å². The highest BCUT2D eigenvalue weighted by molar-refractivity contribution is 5.92. The number of amides is 1. The Hall–Kier alpha value is -3.41. The smallest absolute Gasteiger partial charge is 0.229 e. The number of hydrogen-bond donors (Lipinski definition) is 2. The summed E-state index contributed by atoms with van der Waals surface area (Å²) in [7, 11) is 1.67. The molecule has 0 fully saturated rings. The van der Waals surface area contributed by atoms with Gasteiger partial charge in [0.05, 0.1) is 30.6 Å². The van der Waals surface area contributed by atoms with Crippen molar-refractivity contribution in [3.8, 4) is 22.8 Å². The molecule has 0 saturated heterocycles. The van der Waals surface area contributed by atoms with Crippen LogP contribution in [0.3, 0.4) is 0 Å². The molecule has 0 aliphatic heterocycles. The Morgan fingerprint density at radius 2 is 1.93 bits per heavy atom. The lowest BCUT2D eigenvalue weighted by Crippen LogP contribution is -2.19. The van der Waals surface area contributed by atoms with Gasteiger partial charge in [-0.05, 0) is 60.7 Å². The molecule has 1 aliphatic carbocycles. The number of carbonyl (C=O) groups is 1. The molecule has 0 saturated carbocycles. The molecular formula is C24H25N3O3. The zero-order valence-electron chi connectivity index (χ0n) is 17.2. The first-order valence-corrected chi connectivity index (χ1v) is 10.2. The quantitative estimate of drug-likeness (QED) is 0.648. The number of hydrogen-bond acceptors (Lipinski definition) is 5. The van der Waals surface area contributed by atoms with Gasteiger partial charge < -0.3 is 15.2 Å². The van der Waals surface area contributed by atoms with Gasteiger partial charge in [-0.25, -0.2) is 9.97 Å². The number of nitrogens with zero attached hydrogens (tertiary/aromatic N) is 2. The molecule has 30 heavy (non-hydrogen) atoms. The lowest BCUT2D eigenvalue weighted by atomic mass is 9.91. The van der Waals surface area contributed by atoms with E-state index in [1.807, 2.05) is 12.1 Å². The summed E-state index contributed by atoms with van der Waals surface area (Å²) in [5, 5.41) is 12.4. The van der Waals surface area contributed by atoms with Gasteiger partial charge in [-0.15, -0.1) is 0 Å². The zero-order valence-corrected chi connectivity index (χ0v) is 17.2. The van der Waals surface area contributed by atoms with Crippen LogP contribution in [0.15, 0.2) is 42.5 Å². The largest absolute Gasteiger partial charge is 0.508 e. The van der Waals surface area contributed by atoms with E-state index in [9.17, 15) is 9.90 Å². The van der Waals surface area contributed by atoms with Gasteiger partial charge in [0, 0.05) is 5.56 Å². The summed E-state index contributed by atoms with van der Waals surface area (Å²) in [5.74, 6) is 1.43. The Morgan fingerprint density at radius 1 is 1.13 bits per heavy atom. The number of benzene rings is 2. The second-order valence-corrected chi connectivity index (χ2v) is 7.48. The summed E-state index contributed by atoms with van der Waals surface area (Å²) in [6.45, 7) is 2.09. The van der Waals surface area contributed by atoms with E-state index in [-0.39, 0.29) is 18.1 Å². The number of rotatable bonds is 6. The van der Waals surface area contributed by atoms with E-state index >= 15 is 0 Å². The first-order chi connectivity index (χ1) is 14.6. The van der Waals surface area contributed by atoms with Crippen molar-refractivity contribution in [2.45, 2.75) is 39.0 Å². The highest BCUT2D eigenvalue weighted by atomic mass is 16.5. The average molecular weight is 403 g/mol. The summed E-state index contributed by atoms with van der Waals surface area (Å²) in [4.78, 5) is 22.3. The van der Waals surface area contributed by atoms with Gasteiger partial charge in [-0.2, -0.15) is 0 Å². The van der Waals surface area contributed by atoms with Gasteiger partial charge in [-0.1, -0.05) is 25.5 Å². The number of carbonyl (C=O) groups excluding carboxylic acids is 1. The standard InChI is InChI=1S/C24H25N3O3/c1-3-4-21-24(27-22(29)13-15-5-8-17(28)9-6-15)26-20-12-7-16-14-18(30-2)10-11-19(16)23(20)25-21/h5-6,8-11,14,28H,3-4,7,12-13H2,1-2H3,(H,26,27,29). The number of aromatic nitrogens is 2. The summed E-state index contributed by atoms with van der Waals surface area (Å²) in [5.41, 5.74) is 5.74. The van der Waals surface area contributed by atoms with E-state index < -0.39 is 0 Å². The maximum atomic E-state index is 12.6. The van der Waals surface area contributed by atoms with E-state index in [4.69, 9.17) is 14.7 Å². The summed E-state index contributed by atoms with van der Waals surface area (Å²) < 4.78 is 5.35. The van der Waals surface area contributed by atoms with Crippen LogP contribution in [-0.2, 0) is 30.5 Å². The number of nitrogens with one attached hydrogen (secondary N) is 1. The van der Waals surface area contributed by atoms with Crippen molar-refractivity contribution in [3.63, 3.8) is 0 Å². The molecule has 0 spiro atoms. The monoisotopic (exact) mass is 403 g/mol. The minimum Gasteiger partial charge on any atom is -0.508 e. The van der Waals surface area contributed by atoms with Gasteiger partial charge in [0.25, 0.3) is 0 Å². The van der Waals surface area contributed by atoms with E-state index in [0.29, 0.717) is 5.82 Å². The third kappa shape index (κ3) is 4.13. The van der Waals surface area contributed by atoms with E-state index in [1.54, 1.807) is 31.4 Å². The fourth-order valence-corrected chi connectivity index (χ4v) is 3.77. The van der Waals surface area contributed by atoms with Gasteiger partial charge >= 0.3 is 0 Å². The summed E-state index contributed by atoms with van der Waals surface area (Å²) in [6, 6.07) is 12.7. The van der Waals surface area contributed by atoms with Gasteiger partial charge in [0.2, 0.25) is 5.91 Å². The van der Waals surface area contributed by atoms with Crippen LogP contribution in [0, 0.1) is 0 Å². The molecule has 2 N–H and O–H groups in total. The third-order valence-electron chi connectivity index (χ3n) is 5.28. The Balaban J connectivity index is 1.62. The highest BCUT2D eigenvalue weighted by Gasteiger charge is 2.22. The Labute approximate surface area is 176 Å². The first kappa shape index (κ1) is 19.9. The Bertz CT molecular complexity index is 1080. The van der Waals surface area contributed by atoms with Gasteiger partial charge in [0.15, 0.2) is 5.82 Å². The fraction of sp³-hybridized carbons (Fsp3) is 0.292. The van der Waals surface area contributed by atoms with Crippen LogP contribution in [0.5, 0.6) is 11.5 Å². The van der Waals surface area contributed by atoms with Crippen molar-refractivity contribution >= 4 is 11.7 Å². The first-order valence-electron chi connectivity index (χ1n) is 10.2. The molecule has 1 amide bonds. The van der Waals surface area contributed by atoms with Crippen molar-refractivity contribution in [2.75, 3.05) is 12.4 Å². The van der Waals surface area contributed by atoms with Crippen molar-refractivity contribution < 1.29 is 14.6 Å². The van der Waals surface area contributed by atoms with Crippen molar-refractivity contribution in [2.24, 2.45) is 0 Å². The molecule has 6 nitrogen and oxygen atoms in total. The second-order valence-electron chi connectivity index (χ2n) is 7.48. The molecule has 4 rings (SSSR count). The lowest BCUT2D eigenvalue weighted by Gasteiger charge is -2.21. The zero-order chi connectivity index (χ0) is 21.1. The predicted molar refractivity (Wildman–Crippen MR) is 116 cm³/mol. The number of methoxy groups -OCH3 is 1. The average Bonchev–Trinajstić information content (AvgIpc) is 2.75. The molecule has 6 heteroatoms. The number of aromatic hydroxyl groups is 1. The lowest BCUT2D eigenvalue weighted by molar-refractivity contribution is -0.115. The number of fused-ring (bicyclic) bond motifs is 3. The number of anilines is 1. The predicted octanol–water partition coefficient (Wildman–Crippen LogP) is 4.09. The van der Waals surface area contributed by atoms with Crippen LogP contribution >= 0.6 is 0 Å². The molecule has 2 aromatic carbocycles. The molecule has 154 valence electrons. The van der Waals surface area contributed by atoms with Crippen LogP contribution in [0.25, 0.3) is 11.3 Å². The molecular weight excluding hydrogens is 378 g/mol. The highest BCUT2D eigenvalue weighted by Crippen LogP contribution is 2.35. The topological polar surface area (TPSA) is 84.3 Å². The molecule has 1 heterocycles. The number of phenols is 1. The normalized spacial score (nSPS) is 12.1. The van der Waals surface area contributed by atoms with Gasteiger partial charge in [-0.3, -0.25) is 4.79 Å². The van der Waals surface area contributed by atoms with E-state index in [0.717, 1.165) is 59.6 Å². The number of ether oxygens (including phenoxy) is 1. The Kier molecular flexibility index (Phi) is 5.65. The molecule has 0 radical (unpaired) electrons. The molecule has 3 aromatic rings. The summed E-state index contributed by atoms with van der Waals surface area (Å²) in [6.07, 6.45) is 3.50. The molecule has 1 aliphatic rings.